The van der Waals surface area contributed by atoms with Crippen LogP contribution >= 0.6 is 0 Å². The third-order valence-electron chi connectivity index (χ3n) is 7.16. The molecule has 8 nitrogen and oxygen atoms in total. The SMILES string of the molecule is COC(=O)CC12C(=O)NCCN1C(c1ccc(C)cc1)C1C(=O)N(c3ccccc3)C(=O)C12. The molecule has 0 spiro atoms. The highest BCUT2D eigenvalue weighted by atomic mass is 16.5. The van der Waals surface area contributed by atoms with Crippen molar-refractivity contribution in [2.45, 2.75) is 24.9 Å². The fraction of sp³-hybridized carbons (Fsp3) is 0.360. The van der Waals surface area contributed by atoms with Crippen molar-refractivity contribution in [1.29, 1.82) is 0 Å². The van der Waals surface area contributed by atoms with Crippen LogP contribution in [0.1, 0.15) is 23.6 Å². The molecule has 4 atom stereocenters. The van der Waals surface area contributed by atoms with E-state index in [9.17, 15) is 19.2 Å². The molecule has 3 amide bonds. The van der Waals surface area contributed by atoms with Crippen LogP contribution in [0.2, 0.25) is 0 Å². The molecular weight excluding hydrogens is 422 g/mol. The summed E-state index contributed by atoms with van der Waals surface area (Å²) < 4.78 is 4.93. The summed E-state index contributed by atoms with van der Waals surface area (Å²) in [6.45, 7) is 2.76. The molecule has 0 aromatic heterocycles. The number of carbonyl (C=O) groups excluding carboxylic acids is 4. The van der Waals surface area contributed by atoms with Gasteiger partial charge in [-0.1, -0.05) is 48.0 Å². The highest BCUT2D eigenvalue weighted by Gasteiger charge is 2.73. The predicted molar refractivity (Wildman–Crippen MR) is 119 cm³/mol. The number of anilines is 1. The number of carbonyl (C=O) groups is 4. The number of aryl methyl sites for hydroxylation is 1. The number of rotatable bonds is 4. The Morgan fingerprint density at radius 1 is 1.06 bits per heavy atom. The van der Waals surface area contributed by atoms with Gasteiger partial charge < -0.3 is 10.1 Å². The van der Waals surface area contributed by atoms with Crippen molar-refractivity contribution in [3.05, 3.63) is 65.7 Å². The minimum absolute atomic E-state index is 0.305. The summed E-state index contributed by atoms with van der Waals surface area (Å²) in [4.78, 5) is 56.8. The van der Waals surface area contributed by atoms with E-state index in [4.69, 9.17) is 4.74 Å². The molecule has 4 unspecified atom stereocenters. The third kappa shape index (κ3) is 3.01. The second kappa shape index (κ2) is 7.81. The summed E-state index contributed by atoms with van der Waals surface area (Å²) in [6, 6.07) is 16.0. The molecule has 170 valence electrons. The lowest BCUT2D eigenvalue weighted by Gasteiger charge is -2.45. The summed E-state index contributed by atoms with van der Waals surface area (Å²) in [5, 5.41) is 2.84. The van der Waals surface area contributed by atoms with Gasteiger partial charge in [-0.3, -0.25) is 24.1 Å². The molecule has 5 rings (SSSR count). The van der Waals surface area contributed by atoms with Crippen molar-refractivity contribution in [3.63, 3.8) is 0 Å². The summed E-state index contributed by atoms with van der Waals surface area (Å²) in [7, 11) is 1.26. The molecule has 3 aliphatic heterocycles. The monoisotopic (exact) mass is 447 g/mol. The number of benzene rings is 2. The first-order valence-electron chi connectivity index (χ1n) is 11.0. The lowest BCUT2D eigenvalue weighted by molar-refractivity contribution is -0.154. The first-order chi connectivity index (χ1) is 15.9. The number of hydrogen-bond donors (Lipinski definition) is 1. The van der Waals surface area contributed by atoms with Gasteiger partial charge in [-0.05, 0) is 24.6 Å². The number of fused-ring (bicyclic) bond motifs is 3. The van der Waals surface area contributed by atoms with Crippen molar-refractivity contribution in [2.75, 3.05) is 25.1 Å². The number of esters is 1. The number of piperazine rings is 1. The molecule has 3 fully saturated rings. The quantitative estimate of drug-likeness (QED) is 0.565. The zero-order valence-electron chi connectivity index (χ0n) is 18.5. The molecule has 3 saturated heterocycles. The van der Waals surface area contributed by atoms with Gasteiger partial charge >= 0.3 is 5.97 Å². The second-order valence-corrected chi connectivity index (χ2v) is 8.83. The van der Waals surface area contributed by atoms with Gasteiger partial charge in [0.15, 0.2) is 0 Å². The van der Waals surface area contributed by atoms with E-state index in [1.165, 1.54) is 12.0 Å². The number of methoxy groups -OCH3 is 1. The second-order valence-electron chi connectivity index (χ2n) is 8.83. The van der Waals surface area contributed by atoms with Gasteiger partial charge in [0, 0.05) is 19.1 Å². The van der Waals surface area contributed by atoms with E-state index in [0.717, 1.165) is 11.1 Å². The average Bonchev–Trinajstić information content (AvgIpc) is 3.26. The molecule has 1 N–H and O–H groups in total. The number of hydrogen-bond acceptors (Lipinski definition) is 6. The van der Waals surface area contributed by atoms with Crippen LogP contribution < -0.4 is 10.2 Å². The Balaban J connectivity index is 1.71. The average molecular weight is 447 g/mol. The van der Waals surface area contributed by atoms with Crippen LogP contribution in [0.25, 0.3) is 0 Å². The molecule has 2 aromatic rings. The van der Waals surface area contributed by atoms with Crippen LogP contribution in [0.3, 0.4) is 0 Å². The Morgan fingerprint density at radius 2 is 1.76 bits per heavy atom. The van der Waals surface area contributed by atoms with E-state index in [-0.39, 0.29) is 12.3 Å². The Hall–Kier alpha value is -3.52. The number of ether oxygens (including phenoxy) is 1. The topological polar surface area (TPSA) is 96.0 Å². The molecule has 0 bridgehead atoms. The summed E-state index contributed by atoms with van der Waals surface area (Å²) in [6.07, 6.45) is -0.305. The standard InChI is InChI=1S/C25H25N3O5/c1-15-8-10-16(11-9-15)21-19-20(23(31)28(22(19)30)17-6-4-3-5-7-17)25(14-18(29)33-2)24(32)26-12-13-27(21)25/h3-11,19-21H,12-14H2,1-2H3,(H,26,32). The van der Waals surface area contributed by atoms with Crippen LogP contribution in [0, 0.1) is 18.8 Å². The number of nitrogens with one attached hydrogen (secondary N) is 1. The fourth-order valence-electron chi connectivity index (χ4n) is 5.75. The number of imide groups is 1. The van der Waals surface area contributed by atoms with E-state index in [2.05, 4.69) is 5.32 Å². The first-order valence-corrected chi connectivity index (χ1v) is 11.0. The van der Waals surface area contributed by atoms with E-state index in [1.54, 1.807) is 30.3 Å². The van der Waals surface area contributed by atoms with E-state index >= 15 is 0 Å². The maximum atomic E-state index is 13.9. The largest absolute Gasteiger partial charge is 0.469 e. The van der Waals surface area contributed by atoms with Gasteiger partial charge in [-0.25, -0.2) is 4.90 Å². The van der Waals surface area contributed by atoms with Crippen LogP contribution in [0.5, 0.6) is 0 Å². The third-order valence-corrected chi connectivity index (χ3v) is 7.16. The maximum absolute atomic E-state index is 13.9. The van der Waals surface area contributed by atoms with Crippen LogP contribution in [0.15, 0.2) is 54.6 Å². The van der Waals surface area contributed by atoms with Crippen molar-refractivity contribution in [1.82, 2.24) is 10.2 Å². The van der Waals surface area contributed by atoms with Crippen molar-refractivity contribution in [3.8, 4) is 0 Å². The van der Waals surface area contributed by atoms with Crippen molar-refractivity contribution >= 4 is 29.4 Å². The van der Waals surface area contributed by atoms with Gasteiger partial charge in [-0.2, -0.15) is 0 Å². The highest BCUT2D eigenvalue weighted by molar-refractivity contribution is 6.24. The summed E-state index contributed by atoms with van der Waals surface area (Å²) >= 11 is 0. The van der Waals surface area contributed by atoms with Gasteiger partial charge in [0.25, 0.3) is 0 Å². The molecule has 2 aromatic carbocycles. The van der Waals surface area contributed by atoms with Crippen LogP contribution in [0.4, 0.5) is 5.69 Å². The number of nitrogens with zero attached hydrogens (tertiary/aromatic N) is 2. The molecule has 33 heavy (non-hydrogen) atoms. The molecule has 0 radical (unpaired) electrons. The van der Waals surface area contributed by atoms with E-state index < -0.39 is 41.2 Å². The maximum Gasteiger partial charge on any atom is 0.307 e. The molecule has 8 heteroatoms. The van der Waals surface area contributed by atoms with Crippen LogP contribution in [-0.2, 0) is 23.9 Å². The minimum atomic E-state index is -1.50. The van der Waals surface area contributed by atoms with Crippen molar-refractivity contribution in [2.24, 2.45) is 11.8 Å². The lowest BCUT2D eigenvalue weighted by atomic mass is 9.76. The molecule has 0 aliphatic carbocycles. The van der Waals surface area contributed by atoms with E-state index in [0.29, 0.717) is 18.8 Å². The predicted octanol–water partition coefficient (Wildman–Crippen LogP) is 1.59. The lowest BCUT2D eigenvalue weighted by Crippen LogP contribution is -2.67. The highest BCUT2D eigenvalue weighted by Crippen LogP contribution is 2.57. The summed E-state index contributed by atoms with van der Waals surface area (Å²) in [5.74, 6) is -3.63. The normalized spacial score (nSPS) is 29.0. The Kier molecular flexibility index (Phi) is 5.05. The molecule has 3 aliphatic rings. The molecular formula is C25H25N3O5. The fourth-order valence-corrected chi connectivity index (χ4v) is 5.75. The Labute approximate surface area is 191 Å². The first kappa shape index (κ1) is 21.3. The molecule has 0 saturated carbocycles. The molecule has 3 heterocycles. The Morgan fingerprint density at radius 3 is 2.42 bits per heavy atom. The zero-order valence-corrected chi connectivity index (χ0v) is 18.5. The minimum Gasteiger partial charge on any atom is -0.469 e. The van der Waals surface area contributed by atoms with Crippen molar-refractivity contribution < 1.29 is 23.9 Å². The van der Waals surface area contributed by atoms with Gasteiger partial charge in [0.05, 0.1) is 31.1 Å². The van der Waals surface area contributed by atoms with E-state index in [1.807, 2.05) is 36.1 Å². The smallest absolute Gasteiger partial charge is 0.307 e. The van der Waals surface area contributed by atoms with Gasteiger partial charge in [0.2, 0.25) is 17.7 Å². The zero-order chi connectivity index (χ0) is 23.3. The Bertz CT molecular complexity index is 1130. The summed E-state index contributed by atoms with van der Waals surface area (Å²) in [5.41, 5.74) is 0.862. The number of para-hydroxylation sites is 1. The van der Waals surface area contributed by atoms with Gasteiger partial charge in [0.1, 0.15) is 5.54 Å². The number of amides is 3. The van der Waals surface area contributed by atoms with Gasteiger partial charge in [-0.15, -0.1) is 0 Å². The van der Waals surface area contributed by atoms with Crippen LogP contribution in [-0.4, -0.2) is 54.3 Å².